The minimum atomic E-state index is -0.407. The van der Waals surface area contributed by atoms with Crippen LogP contribution in [0, 0.1) is 6.92 Å². The van der Waals surface area contributed by atoms with Gasteiger partial charge in [-0.1, -0.05) is 19.8 Å². The molecule has 1 aromatic rings. The first-order chi connectivity index (χ1) is 14.3. The number of amides is 1. The van der Waals surface area contributed by atoms with Crippen molar-refractivity contribution in [2.75, 3.05) is 27.2 Å². The third kappa shape index (κ3) is 6.79. The summed E-state index contributed by atoms with van der Waals surface area (Å²) in [4.78, 5) is 18.3. The minimum Gasteiger partial charge on any atom is -0.489 e. The van der Waals surface area contributed by atoms with Crippen LogP contribution in [0.5, 0.6) is 5.75 Å². The van der Waals surface area contributed by atoms with Crippen molar-refractivity contribution in [3.63, 3.8) is 0 Å². The van der Waals surface area contributed by atoms with Gasteiger partial charge in [0.25, 0.3) is 0 Å². The number of hydrazine groups is 1. The van der Waals surface area contributed by atoms with Crippen LogP contribution in [0.25, 0.3) is 5.70 Å². The second-order valence-electron chi connectivity index (χ2n) is 7.96. The van der Waals surface area contributed by atoms with Crippen LogP contribution in [0.15, 0.2) is 17.8 Å². The van der Waals surface area contributed by atoms with E-state index >= 15 is 0 Å². The van der Waals surface area contributed by atoms with Gasteiger partial charge in [-0.25, -0.2) is 15.6 Å². The highest BCUT2D eigenvalue weighted by atomic mass is 16.6. The molecule has 0 aromatic carbocycles. The molecule has 0 aliphatic heterocycles. The smallest absolute Gasteiger partial charge is 0.409 e. The quantitative estimate of drug-likeness (QED) is 0.466. The van der Waals surface area contributed by atoms with Crippen molar-refractivity contribution < 1.29 is 14.3 Å². The van der Waals surface area contributed by atoms with Crippen molar-refractivity contribution in [1.82, 2.24) is 14.9 Å². The highest BCUT2D eigenvalue weighted by Crippen LogP contribution is 2.26. The lowest BCUT2D eigenvalue weighted by Gasteiger charge is -2.24. The average Bonchev–Trinajstić information content (AvgIpc) is 2.73. The van der Waals surface area contributed by atoms with Crippen LogP contribution in [0.4, 0.5) is 4.79 Å². The summed E-state index contributed by atoms with van der Waals surface area (Å²) in [6.45, 7) is 4.59. The Morgan fingerprint density at radius 1 is 1.23 bits per heavy atom. The van der Waals surface area contributed by atoms with Crippen LogP contribution in [0.3, 0.4) is 0 Å². The number of aryl methyl sites for hydroxylation is 1. The fourth-order valence-electron chi connectivity index (χ4n) is 3.43. The summed E-state index contributed by atoms with van der Waals surface area (Å²) in [7, 11) is 3.37. The highest BCUT2D eigenvalue weighted by molar-refractivity contribution is 5.68. The molecule has 0 saturated heterocycles. The zero-order valence-corrected chi connectivity index (χ0v) is 18.8. The first kappa shape index (κ1) is 23.8. The number of hydrogen-bond donors (Lipinski definition) is 2. The second kappa shape index (κ2) is 11.6. The van der Waals surface area contributed by atoms with Crippen LogP contribution in [-0.2, 0) is 4.74 Å². The van der Waals surface area contributed by atoms with Crippen molar-refractivity contribution in [1.29, 1.82) is 0 Å². The van der Waals surface area contributed by atoms with Gasteiger partial charge < -0.3 is 25.1 Å². The molecule has 8 nitrogen and oxygen atoms in total. The molecule has 4 N–H and O–H groups in total. The standard InChI is InChI=1S/C22H37N5O3/c1-5-6-14-26(3)22(28)29-15-19(27(4)24)21(23)18-12-13-20(16(2)25-18)30-17-10-8-7-9-11-17/h12-13,17H,5-11,14-15,23-24H2,1-4H3/b21-19-. The molecule has 1 heterocycles. The molecule has 1 aromatic heterocycles. The summed E-state index contributed by atoms with van der Waals surface area (Å²) >= 11 is 0. The number of likely N-dealkylation sites (N-methyl/N-ethyl adjacent to an activating group) is 1. The first-order valence-corrected chi connectivity index (χ1v) is 10.8. The second-order valence-corrected chi connectivity index (χ2v) is 7.96. The number of nitrogens with two attached hydrogens (primary N) is 2. The zero-order valence-electron chi connectivity index (χ0n) is 18.8. The minimum absolute atomic E-state index is 0.0326. The van der Waals surface area contributed by atoms with E-state index in [1.54, 1.807) is 19.0 Å². The summed E-state index contributed by atoms with van der Waals surface area (Å²) in [6.07, 6.45) is 7.66. The molecular formula is C22H37N5O3. The Balaban J connectivity index is 2.09. The molecule has 0 radical (unpaired) electrons. The maximum Gasteiger partial charge on any atom is 0.409 e. The molecule has 0 bridgehead atoms. The predicted octanol–water partition coefficient (Wildman–Crippen LogP) is 3.40. The van der Waals surface area contributed by atoms with Gasteiger partial charge in [0, 0.05) is 20.6 Å². The summed E-state index contributed by atoms with van der Waals surface area (Å²) in [6, 6.07) is 3.72. The summed E-state index contributed by atoms with van der Waals surface area (Å²) in [5, 5.41) is 1.36. The topological polar surface area (TPSA) is 107 Å². The van der Waals surface area contributed by atoms with E-state index in [1.165, 1.54) is 24.3 Å². The van der Waals surface area contributed by atoms with Crippen molar-refractivity contribution in [2.24, 2.45) is 11.6 Å². The van der Waals surface area contributed by atoms with Gasteiger partial charge >= 0.3 is 6.09 Å². The lowest BCUT2D eigenvalue weighted by atomic mass is 9.98. The summed E-state index contributed by atoms with van der Waals surface area (Å²) < 4.78 is 11.5. The monoisotopic (exact) mass is 419 g/mol. The van der Waals surface area contributed by atoms with Gasteiger partial charge in [0.15, 0.2) is 0 Å². The number of hydrogen-bond acceptors (Lipinski definition) is 7. The predicted molar refractivity (Wildman–Crippen MR) is 118 cm³/mol. The highest BCUT2D eigenvalue weighted by Gasteiger charge is 2.18. The SMILES string of the molecule is CCCCN(C)C(=O)OC/C(=C(/N)c1ccc(OC2CCCCC2)c(C)n1)N(C)N. The Morgan fingerprint density at radius 2 is 1.93 bits per heavy atom. The van der Waals surface area contributed by atoms with Crippen LogP contribution < -0.4 is 16.3 Å². The molecule has 0 unspecified atom stereocenters. The number of unbranched alkanes of at least 4 members (excludes halogenated alkanes) is 1. The van der Waals surface area contributed by atoms with Crippen LogP contribution >= 0.6 is 0 Å². The van der Waals surface area contributed by atoms with E-state index in [9.17, 15) is 4.79 Å². The van der Waals surface area contributed by atoms with Crippen LogP contribution in [-0.4, -0.2) is 54.3 Å². The molecule has 1 fully saturated rings. The molecule has 168 valence electrons. The molecule has 8 heteroatoms. The van der Waals surface area contributed by atoms with Gasteiger partial charge in [0.2, 0.25) is 0 Å². The van der Waals surface area contributed by atoms with Gasteiger partial charge in [-0.3, -0.25) is 0 Å². The third-order valence-electron chi connectivity index (χ3n) is 5.39. The molecule has 0 atom stereocenters. The van der Waals surface area contributed by atoms with Crippen LogP contribution in [0.2, 0.25) is 0 Å². The van der Waals surface area contributed by atoms with Crippen LogP contribution in [0.1, 0.15) is 63.3 Å². The third-order valence-corrected chi connectivity index (χ3v) is 5.39. The number of pyridine rings is 1. The maximum atomic E-state index is 12.2. The van der Waals surface area contributed by atoms with Crippen molar-refractivity contribution in [3.8, 4) is 5.75 Å². The molecule has 2 rings (SSSR count). The maximum absolute atomic E-state index is 12.2. The number of ether oxygens (including phenoxy) is 2. The molecule has 1 aliphatic rings. The number of aromatic nitrogens is 1. The van der Waals surface area contributed by atoms with E-state index < -0.39 is 6.09 Å². The van der Waals surface area contributed by atoms with E-state index in [0.29, 0.717) is 23.6 Å². The number of nitrogens with zero attached hydrogens (tertiary/aromatic N) is 3. The van der Waals surface area contributed by atoms with Crippen molar-refractivity contribution >= 4 is 11.8 Å². The van der Waals surface area contributed by atoms with Gasteiger partial charge in [-0.2, -0.15) is 0 Å². The van der Waals surface area contributed by atoms with E-state index in [0.717, 1.165) is 37.1 Å². The zero-order chi connectivity index (χ0) is 22.1. The normalized spacial score (nSPS) is 15.4. The molecule has 30 heavy (non-hydrogen) atoms. The van der Waals surface area contributed by atoms with Gasteiger partial charge in [0.05, 0.1) is 28.9 Å². The number of carbonyl (C=O) groups is 1. The van der Waals surface area contributed by atoms with Gasteiger partial charge in [0.1, 0.15) is 12.4 Å². The number of rotatable bonds is 9. The Kier molecular flexibility index (Phi) is 9.23. The van der Waals surface area contributed by atoms with E-state index in [2.05, 4.69) is 11.9 Å². The lowest BCUT2D eigenvalue weighted by molar-refractivity contribution is 0.113. The molecule has 1 saturated carbocycles. The Hall–Kier alpha value is -2.48. The molecule has 1 amide bonds. The van der Waals surface area contributed by atoms with Crippen molar-refractivity contribution in [2.45, 2.75) is 64.9 Å². The Bertz CT molecular complexity index is 729. The Morgan fingerprint density at radius 3 is 2.53 bits per heavy atom. The van der Waals surface area contributed by atoms with Gasteiger partial charge in [-0.05, 0) is 51.2 Å². The lowest BCUT2D eigenvalue weighted by Crippen LogP contribution is -2.34. The fourth-order valence-corrected chi connectivity index (χ4v) is 3.43. The summed E-state index contributed by atoms with van der Waals surface area (Å²) in [5.41, 5.74) is 8.54. The van der Waals surface area contributed by atoms with Gasteiger partial charge in [-0.15, -0.1) is 0 Å². The first-order valence-electron chi connectivity index (χ1n) is 10.8. The molecular weight excluding hydrogens is 382 g/mol. The molecule has 1 aliphatic carbocycles. The van der Waals surface area contributed by atoms with Crippen molar-refractivity contribution in [3.05, 3.63) is 29.2 Å². The Labute approximate surface area is 180 Å². The van der Waals surface area contributed by atoms with E-state index in [1.807, 2.05) is 19.1 Å². The van der Waals surface area contributed by atoms with E-state index in [-0.39, 0.29) is 12.7 Å². The average molecular weight is 420 g/mol. The van der Waals surface area contributed by atoms with E-state index in [4.69, 9.17) is 21.1 Å². The fraction of sp³-hybridized carbons (Fsp3) is 0.636. The largest absolute Gasteiger partial charge is 0.489 e. The number of carbonyl (C=O) groups excluding carboxylic acids is 1. The molecule has 0 spiro atoms. The summed E-state index contributed by atoms with van der Waals surface area (Å²) in [5.74, 6) is 6.73.